The maximum absolute atomic E-state index is 3.85. The first kappa shape index (κ1) is 6.31. The quantitative estimate of drug-likeness (QED) is 0.441. The smallest absolute Gasteiger partial charge is 0.0196 e. The molecular weight excluding hydrogens is 94.1 g/mol. The lowest BCUT2D eigenvalue weighted by Crippen LogP contribution is -2.27. The molecule has 2 heteroatoms. The first-order valence-corrected chi connectivity index (χ1v) is 2.42. The third kappa shape index (κ3) is 4.31. The molecule has 0 unspecified atom stereocenters. The average molecular weight is 105 g/mol. The minimum Gasteiger partial charge on any atom is -0.261 e. The van der Waals surface area contributed by atoms with Crippen molar-refractivity contribution in [3.63, 3.8) is 0 Å². The third-order valence-corrected chi connectivity index (χ3v) is 1.01. The van der Waals surface area contributed by atoms with Crippen LogP contribution in [0.2, 0.25) is 0 Å². The lowest BCUT2D eigenvalue weighted by atomic mass is 10.1. The molecule has 0 heterocycles. The molecule has 0 bridgehead atoms. The Bertz CT molecular complexity index is 37.3. The molecule has 0 fully saturated rings. The van der Waals surface area contributed by atoms with Crippen LogP contribution in [0, 0.1) is 0 Å². The van der Waals surface area contributed by atoms with E-state index in [4.69, 9.17) is 0 Å². The van der Waals surface area contributed by atoms with Crippen LogP contribution in [0.3, 0.4) is 0 Å². The summed E-state index contributed by atoms with van der Waals surface area (Å²) >= 11 is 3.85. The molecule has 0 atom stereocenters. The lowest BCUT2D eigenvalue weighted by Gasteiger charge is -2.14. The number of hydrogen-bond donors (Lipinski definition) is 2. The molecular formula is C4H11NS. The Hall–Kier alpha value is 0.310. The van der Waals surface area contributed by atoms with Gasteiger partial charge >= 0.3 is 0 Å². The molecule has 6 heavy (non-hydrogen) atoms. The van der Waals surface area contributed by atoms with E-state index in [0.29, 0.717) is 0 Å². The SMILES string of the molecule is CC(C)(C)NS. The number of nitrogens with one attached hydrogen (secondary N) is 1. The van der Waals surface area contributed by atoms with E-state index < -0.39 is 0 Å². The highest BCUT2D eigenvalue weighted by Gasteiger charge is 2.02. The highest BCUT2D eigenvalue weighted by molar-refractivity contribution is 7.78. The molecule has 0 saturated carbocycles. The lowest BCUT2D eigenvalue weighted by molar-refractivity contribution is 0.538. The van der Waals surface area contributed by atoms with Crippen LogP contribution in [0.4, 0.5) is 0 Å². The standard InChI is InChI=1S/C4H11NS/c1-4(2,3)5-6/h5-6H,1-3H3. The fraction of sp³-hybridized carbons (Fsp3) is 1.00. The van der Waals surface area contributed by atoms with Gasteiger partial charge in [0.15, 0.2) is 0 Å². The van der Waals surface area contributed by atoms with E-state index >= 15 is 0 Å². The van der Waals surface area contributed by atoms with Gasteiger partial charge in [-0.15, -0.1) is 0 Å². The number of rotatable bonds is 0. The van der Waals surface area contributed by atoms with Gasteiger partial charge in [-0.1, -0.05) is 12.8 Å². The zero-order valence-corrected chi connectivity index (χ0v) is 5.34. The summed E-state index contributed by atoms with van der Waals surface area (Å²) in [7, 11) is 0. The van der Waals surface area contributed by atoms with Crippen LogP contribution in [0.5, 0.6) is 0 Å². The predicted molar refractivity (Wildman–Crippen MR) is 31.9 cm³/mol. The summed E-state index contributed by atoms with van der Waals surface area (Å²) in [6.45, 7) is 6.17. The van der Waals surface area contributed by atoms with Crippen LogP contribution < -0.4 is 4.72 Å². The third-order valence-electron chi connectivity index (χ3n) is 0.335. The Balaban J connectivity index is 3.17. The Morgan fingerprint density at radius 3 is 1.50 bits per heavy atom. The summed E-state index contributed by atoms with van der Waals surface area (Å²) in [5.74, 6) is 0. The summed E-state index contributed by atoms with van der Waals surface area (Å²) in [6, 6.07) is 0. The van der Waals surface area contributed by atoms with Crippen molar-refractivity contribution < 1.29 is 0 Å². The summed E-state index contributed by atoms with van der Waals surface area (Å²) in [5.41, 5.74) is 0.156. The molecule has 0 aromatic rings. The molecule has 0 amide bonds. The maximum Gasteiger partial charge on any atom is 0.0196 e. The first-order valence-electron chi connectivity index (χ1n) is 1.97. The van der Waals surface area contributed by atoms with E-state index in [9.17, 15) is 0 Å². The van der Waals surface area contributed by atoms with Gasteiger partial charge in [0, 0.05) is 5.54 Å². The molecule has 0 rings (SSSR count). The number of thiol groups is 1. The fourth-order valence-corrected chi connectivity index (χ4v) is 0. The largest absolute Gasteiger partial charge is 0.261 e. The van der Waals surface area contributed by atoms with Crippen LogP contribution >= 0.6 is 12.8 Å². The van der Waals surface area contributed by atoms with Gasteiger partial charge in [-0.05, 0) is 20.8 Å². The van der Waals surface area contributed by atoms with Gasteiger partial charge in [-0.25, -0.2) is 0 Å². The van der Waals surface area contributed by atoms with Gasteiger partial charge in [-0.2, -0.15) is 0 Å². The van der Waals surface area contributed by atoms with E-state index in [0.717, 1.165) is 0 Å². The van der Waals surface area contributed by atoms with Crippen LogP contribution in [-0.4, -0.2) is 5.54 Å². The summed E-state index contributed by atoms with van der Waals surface area (Å²) in [6.07, 6.45) is 0. The van der Waals surface area contributed by atoms with Crippen molar-refractivity contribution in [2.75, 3.05) is 0 Å². The fourth-order valence-electron chi connectivity index (χ4n) is 0. The highest BCUT2D eigenvalue weighted by Crippen LogP contribution is 1.97. The van der Waals surface area contributed by atoms with Crippen molar-refractivity contribution in [3.05, 3.63) is 0 Å². The van der Waals surface area contributed by atoms with E-state index in [1.54, 1.807) is 0 Å². The molecule has 0 spiro atoms. The maximum atomic E-state index is 3.85. The van der Waals surface area contributed by atoms with Gasteiger partial charge in [0.1, 0.15) is 0 Å². The van der Waals surface area contributed by atoms with Gasteiger partial charge < -0.3 is 0 Å². The molecule has 0 aliphatic heterocycles. The highest BCUT2D eigenvalue weighted by atomic mass is 32.1. The topological polar surface area (TPSA) is 12.0 Å². The van der Waals surface area contributed by atoms with E-state index in [2.05, 4.69) is 38.3 Å². The predicted octanol–water partition coefficient (Wildman–Crippen LogP) is 1.22. The van der Waals surface area contributed by atoms with Gasteiger partial charge in [0.25, 0.3) is 0 Å². The van der Waals surface area contributed by atoms with Crippen molar-refractivity contribution in [2.45, 2.75) is 26.3 Å². The Morgan fingerprint density at radius 2 is 1.50 bits per heavy atom. The second-order valence-electron chi connectivity index (χ2n) is 2.36. The number of hydrogen-bond acceptors (Lipinski definition) is 2. The van der Waals surface area contributed by atoms with Crippen molar-refractivity contribution >= 4 is 12.8 Å². The zero-order chi connectivity index (χ0) is 5.21. The Kier molecular flexibility index (Phi) is 1.94. The molecule has 38 valence electrons. The van der Waals surface area contributed by atoms with Crippen LogP contribution in [0.1, 0.15) is 20.8 Å². The van der Waals surface area contributed by atoms with Crippen molar-refractivity contribution in [2.24, 2.45) is 0 Å². The van der Waals surface area contributed by atoms with Crippen molar-refractivity contribution in [3.8, 4) is 0 Å². The van der Waals surface area contributed by atoms with E-state index in [1.807, 2.05) is 0 Å². The molecule has 1 N–H and O–H groups in total. The first-order chi connectivity index (χ1) is 2.56. The second kappa shape index (κ2) is 1.85. The summed E-state index contributed by atoms with van der Waals surface area (Å²) in [4.78, 5) is 0. The van der Waals surface area contributed by atoms with E-state index in [1.165, 1.54) is 0 Å². The van der Waals surface area contributed by atoms with E-state index in [-0.39, 0.29) is 5.54 Å². The summed E-state index contributed by atoms with van der Waals surface area (Å²) in [5, 5.41) is 0. The normalized spacial score (nSPS) is 12.0. The Morgan fingerprint density at radius 1 is 1.33 bits per heavy atom. The minimum absolute atomic E-state index is 0.156. The molecule has 0 aromatic carbocycles. The Labute approximate surface area is 44.7 Å². The molecule has 0 aliphatic rings. The molecule has 0 saturated heterocycles. The van der Waals surface area contributed by atoms with Crippen molar-refractivity contribution in [1.29, 1.82) is 0 Å². The summed E-state index contributed by atoms with van der Waals surface area (Å²) < 4.78 is 2.80. The minimum atomic E-state index is 0.156. The molecule has 0 aromatic heterocycles. The molecule has 0 radical (unpaired) electrons. The van der Waals surface area contributed by atoms with Crippen LogP contribution in [0.15, 0.2) is 0 Å². The molecule has 0 aliphatic carbocycles. The second-order valence-corrected chi connectivity index (χ2v) is 2.59. The monoisotopic (exact) mass is 105 g/mol. The average Bonchev–Trinajstić information content (AvgIpc) is 1.35. The molecule has 1 nitrogen and oxygen atoms in total. The zero-order valence-electron chi connectivity index (χ0n) is 4.45. The van der Waals surface area contributed by atoms with Gasteiger partial charge in [-0.3, -0.25) is 4.72 Å². The van der Waals surface area contributed by atoms with Gasteiger partial charge in [0.2, 0.25) is 0 Å². The van der Waals surface area contributed by atoms with Crippen LogP contribution in [0.25, 0.3) is 0 Å². The van der Waals surface area contributed by atoms with Gasteiger partial charge in [0.05, 0.1) is 0 Å². The van der Waals surface area contributed by atoms with Crippen LogP contribution in [-0.2, 0) is 0 Å². The van der Waals surface area contributed by atoms with Crippen molar-refractivity contribution in [1.82, 2.24) is 4.72 Å².